The predicted molar refractivity (Wildman–Crippen MR) is 69.0 cm³/mol. The van der Waals surface area contributed by atoms with Gasteiger partial charge in [0, 0.05) is 25.8 Å². The summed E-state index contributed by atoms with van der Waals surface area (Å²) >= 11 is 0. The molecule has 0 amide bonds. The lowest BCUT2D eigenvalue weighted by Gasteiger charge is -2.17. The number of aliphatic imine (C=N–C) groups is 1. The molecule has 18 heavy (non-hydrogen) atoms. The largest absolute Gasteiger partial charge is 0.481 e. The first-order chi connectivity index (χ1) is 8.77. The zero-order valence-corrected chi connectivity index (χ0v) is 10.0. The van der Waals surface area contributed by atoms with E-state index in [1.807, 2.05) is 12.1 Å². The van der Waals surface area contributed by atoms with Crippen molar-refractivity contribution in [2.75, 3.05) is 25.0 Å². The van der Waals surface area contributed by atoms with Crippen molar-refractivity contribution in [2.45, 2.75) is 12.8 Å². The molecule has 0 radical (unpaired) electrons. The average Bonchev–Trinajstić information content (AvgIpc) is 2.40. The number of carboxylic acid groups (broad SMARTS) is 1. The Labute approximate surface area is 105 Å². The molecule has 0 aliphatic carbocycles. The van der Waals surface area contributed by atoms with Gasteiger partial charge in [0.2, 0.25) is 0 Å². The van der Waals surface area contributed by atoms with E-state index in [-0.39, 0.29) is 6.42 Å². The number of nitrogens with zero attached hydrogens (tertiary/aromatic N) is 2. The van der Waals surface area contributed by atoms with Crippen LogP contribution in [0.2, 0.25) is 0 Å². The molecule has 1 aromatic heterocycles. The summed E-state index contributed by atoms with van der Waals surface area (Å²) in [6, 6.07) is 3.77. The Morgan fingerprint density at radius 3 is 3.17 bits per heavy atom. The smallest absolute Gasteiger partial charge is 0.305 e. The lowest BCUT2D eigenvalue weighted by molar-refractivity contribution is -0.136. The molecule has 0 aromatic carbocycles. The van der Waals surface area contributed by atoms with E-state index >= 15 is 0 Å². The quantitative estimate of drug-likeness (QED) is 0.714. The monoisotopic (exact) mass is 248 g/mol. The number of nitrogens with one attached hydrogen (secondary N) is 2. The first-order valence-electron chi connectivity index (χ1n) is 5.97. The van der Waals surface area contributed by atoms with Gasteiger partial charge in [-0.2, -0.15) is 0 Å². The summed E-state index contributed by atoms with van der Waals surface area (Å²) in [6.07, 6.45) is 2.78. The molecule has 0 atom stereocenters. The number of carbonyl (C=O) groups is 1. The Hall–Kier alpha value is -2.11. The van der Waals surface area contributed by atoms with Gasteiger partial charge in [-0.05, 0) is 18.6 Å². The van der Waals surface area contributed by atoms with Gasteiger partial charge >= 0.3 is 5.97 Å². The molecule has 1 aliphatic heterocycles. The number of aromatic nitrogens is 1. The molecular formula is C12H16N4O2. The summed E-state index contributed by atoms with van der Waals surface area (Å²) in [5.74, 6) is 0.673. The number of aliphatic carboxylic acids is 1. The van der Waals surface area contributed by atoms with Crippen LogP contribution in [-0.2, 0) is 4.79 Å². The number of hydrogen-bond donors (Lipinski definition) is 3. The molecule has 2 heterocycles. The van der Waals surface area contributed by atoms with Crippen molar-refractivity contribution in [3.05, 3.63) is 23.9 Å². The van der Waals surface area contributed by atoms with Gasteiger partial charge in [-0.15, -0.1) is 0 Å². The second-order valence-corrected chi connectivity index (χ2v) is 3.98. The second kappa shape index (κ2) is 6.00. The standard InChI is InChI=1S/C12H16N4O2/c17-10(18)4-8-16-12-9(3-1-5-13-12)11-14-6-2-7-15-11/h1,3,5H,2,4,6-8H2,(H,13,16)(H,14,15)(H,17,18). The van der Waals surface area contributed by atoms with Gasteiger partial charge in [0.15, 0.2) is 0 Å². The maximum atomic E-state index is 10.5. The minimum Gasteiger partial charge on any atom is -0.481 e. The third kappa shape index (κ3) is 3.19. The molecule has 6 heteroatoms. The molecule has 0 saturated carbocycles. The van der Waals surface area contributed by atoms with Crippen LogP contribution in [0.25, 0.3) is 0 Å². The first-order valence-corrected chi connectivity index (χ1v) is 5.97. The fourth-order valence-corrected chi connectivity index (χ4v) is 1.74. The normalized spacial score (nSPS) is 14.6. The molecular weight excluding hydrogens is 232 g/mol. The summed E-state index contributed by atoms with van der Waals surface area (Å²) in [5.41, 5.74) is 0.891. The highest BCUT2D eigenvalue weighted by Gasteiger charge is 2.12. The second-order valence-electron chi connectivity index (χ2n) is 3.98. The van der Waals surface area contributed by atoms with E-state index in [4.69, 9.17) is 5.11 Å². The van der Waals surface area contributed by atoms with Crippen LogP contribution in [0, 0.1) is 0 Å². The first kappa shape index (κ1) is 12.3. The van der Waals surface area contributed by atoms with Crippen LogP contribution < -0.4 is 10.6 Å². The number of anilines is 1. The Bertz CT molecular complexity index is 459. The predicted octanol–water partition coefficient (Wildman–Crippen LogP) is 0.708. The van der Waals surface area contributed by atoms with Crippen LogP contribution in [0.5, 0.6) is 0 Å². The molecule has 0 bridgehead atoms. The summed E-state index contributed by atoms with van der Waals surface area (Å²) in [6.45, 7) is 2.07. The Balaban J connectivity index is 2.09. The minimum atomic E-state index is -0.826. The Kier molecular flexibility index (Phi) is 4.11. The van der Waals surface area contributed by atoms with Gasteiger partial charge in [0.25, 0.3) is 0 Å². The molecule has 96 valence electrons. The third-order valence-electron chi connectivity index (χ3n) is 2.59. The van der Waals surface area contributed by atoms with Gasteiger partial charge in [-0.3, -0.25) is 9.79 Å². The van der Waals surface area contributed by atoms with E-state index in [1.165, 1.54) is 0 Å². The fourth-order valence-electron chi connectivity index (χ4n) is 1.74. The van der Waals surface area contributed by atoms with Crippen molar-refractivity contribution in [3.8, 4) is 0 Å². The van der Waals surface area contributed by atoms with Crippen LogP contribution in [0.15, 0.2) is 23.3 Å². The topological polar surface area (TPSA) is 86.6 Å². The number of pyridine rings is 1. The Morgan fingerprint density at radius 1 is 1.56 bits per heavy atom. The van der Waals surface area contributed by atoms with E-state index in [0.717, 1.165) is 30.9 Å². The molecule has 6 nitrogen and oxygen atoms in total. The van der Waals surface area contributed by atoms with E-state index in [1.54, 1.807) is 6.20 Å². The minimum absolute atomic E-state index is 0.0654. The van der Waals surface area contributed by atoms with Crippen molar-refractivity contribution in [2.24, 2.45) is 4.99 Å². The molecule has 0 fully saturated rings. The van der Waals surface area contributed by atoms with Crippen molar-refractivity contribution in [1.29, 1.82) is 0 Å². The van der Waals surface area contributed by atoms with Crippen LogP contribution in [0.3, 0.4) is 0 Å². The molecule has 0 spiro atoms. The zero-order valence-electron chi connectivity index (χ0n) is 10.0. The van der Waals surface area contributed by atoms with Crippen LogP contribution in [0.1, 0.15) is 18.4 Å². The molecule has 0 saturated heterocycles. The van der Waals surface area contributed by atoms with E-state index < -0.39 is 5.97 Å². The van der Waals surface area contributed by atoms with Crippen molar-refractivity contribution in [1.82, 2.24) is 10.3 Å². The number of amidine groups is 1. The molecule has 1 aliphatic rings. The lowest BCUT2D eigenvalue weighted by atomic mass is 10.2. The number of hydrogen-bond acceptors (Lipinski definition) is 5. The van der Waals surface area contributed by atoms with Gasteiger partial charge < -0.3 is 15.7 Å². The van der Waals surface area contributed by atoms with Crippen LogP contribution >= 0.6 is 0 Å². The maximum absolute atomic E-state index is 10.5. The molecule has 1 aromatic rings. The van der Waals surface area contributed by atoms with Crippen molar-refractivity contribution >= 4 is 17.6 Å². The van der Waals surface area contributed by atoms with E-state index in [2.05, 4.69) is 20.6 Å². The van der Waals surface area contributed by atoms with Gasteiger partial charge in [-0.1, -0.05) is 0 Å². The third-order valence-corrected chi connectivity index (χ3v) is 2.59. The highest BCUT2D eigenvalue weighted by atomic mass is 16.4. The number of carboxylic acids is 1. The van der Waals surface area contributed by atoms with E-state index in [0.29, 0.717) is 12.4 Å². The number of rotatable bonds is 5. The summed E-state index contributed by atoms with van der Waals surface area (Å²) in [7, 11) is 0. The zero-order chi connectivity index (χ0) is 12.8. The Morgan fingerprint density at radius 2 is 2.44 bits per heavy atom. The van der Waals surface area contributed by atoms with Crippen LogP contribution in [0.4, 0.5) is 5.82 Å². The van der Waals surface area contributed by atoms with Gasteiger partial charge in [0.1, 0.15) is 11.7 Å². The lowest BCUT2D eigenvalue weighted by Crippen LogP contribution is -2.31. The molecule has 0 unspecified atom stereocenters. The SMILES string of the molecule is O=C(O)CCNc1ncccc1C1=NCCCN1. The fraction of sp³-hybridized carbons (Fsp3) is 0.417. The summed E-state index contributed by atoms with van der Waals surface area (Å²) < 4.78 is 0. The van der Waals surface area contributed by atoms with E-state index in [9.17, 15) is 4.79 Å². The summed E-state index contributed by atoms with van der Waals surface area (Å²) in [4.78, 5) is 19.1. The van der Waals surface area contributed by atoms with Crippen molar-refractivity contribution < 1.29 is 9.90 Å². The van der Waals surface area contributed by atoms with Gasteiger partial charge in [0.05, 0.1) is 12.0 Å². The molecule has 3 N–H and O–H groups in total. The average molecular weight is 248 g/mol. The highest BCUT2D eigenvalue weighted by Crippen LogP contribution is 2.13. The van der Waals surface area contributed by atoms with Crippen molar-refractivity contribution in [3.63, 3.8) is 0 Å². The highest BCUT2D eigenvalue weighted by molar-refractivity contribution is 6.03. The summed E-state index contributed by atoms with van der Waals surface area (Å²) in [5, 5.41) is 14.9. The maximum Gasteiger partial charge on any atom is 0.305 e. The molecule has 2 rings (SSSR count). The van der Waals surface area contributed by atoms with Gasteiger partial charge in [-0.25, -0.2) is 4.98 Å². The van der Waals surface area contributed by atoms with Crippen LogP contribution in [-0.4, -0.2) is 41.5 Å².